The average Bonchev–Trinajstić information content (AvgIpc) is 2.34. The van der Waals surface area contributed by atoms with Gasteiger partial charge < -0.3 is 15.5 Å². The summed E-state index contributed by atoms with van der Waals surface area (Å²) < 4.78 is 0. The molecule has 0 fully saturated rings. The summed E-state index contributed by atoms with van der Waals surface area (Å²) >= 11 is 0. The Morgan fingerprint density at radius 1 is 1.18 bits per heavy atom. The molecule has 1 rings (SSSR count). The first-order chi connectivity index (χ1) is 8.16. The normalized spacial score (nSPS) is 23.4. The number of hydrogen-bond donors (Lipinski definition) is 3. The Morgan fingerprint density at radius 3 is 2.41 bits per heavy atom. The first-order valence-electron chi connectivity index (χ1n) is 5.93. The van der Waals surface area contributed by atoms with E-state index in [0.29, 0.717) is 32.2 Å². The molecule has 0 radical (unpaired) electrons. The largest absolute Gasteiger partial charge is 0.481 e. The second-order valence-corrected chi connectivity index (χ2v) is 4.22. The zero-order valence-electron chi connectivity index (χ0n) is 9.76. The van der Waals surface area contributed by atoms with E-state index in [1.54, 1.807) is 0 Å². The minimum atomic E-state index is -0.912. The van der Waals surface area contributed by atoms with Crippen molar-refractivity contribution in [1.29, 1.82) is 0 Å². The summed E-state index contributed by atoms with van der Waals surface area (Å²) in [4.78, 5) is 22.8. The number of carboxylic acids is 1. The van der Waals surface area contributed by atoms with Gasteiger partial charge >= 0.3 is 5.97 Å². The molecule has 0 bridgehead atoms. The lowest BCUT2D eigenvalue weighted by atomic mass is 9.82. The number of aliphatic carboxylic acids is 1. The molecule has 0 spiro atoms. The highest BCUT2D eigenvalue weighted by molar-refractivity contribution is 5.85. The topological polar surface area (TPSA) is 86.6 Å². The molecule has 0 aromatic rings. The molecule has 96 valence electrons. The SMILES string of the molecule is O=C(O)C1CC=CCC1C(=O)NCCCCO. The molecule has 1 aliphatic carbocycles. The fraction of sp³-hybridized carbons (Fsp3) is 0.667. The molecule has 0 aromatic carbocycles. The van der Waals surface area contributed by atoms with Crippen LogP contribution in [0.2, 0.25) is 0 Å². The molecular weight excluding hydrogens is 222 g/mol. The number of unbranched alkanes of at least 4 members (excludes halogenated alkanes) is 1. The number of hydrogen-bond acceptors (Lipinski definition) is 3. The van der Waals surface area contributed by atoms with Crippen molar-refractivity contribution < 1.29 is 19.8 Å². The van der Waals surface area contributed by atoms with Gasteiger partial charge in [-0.3, -0.25) is 9.59 Å². The number of carbonyl (C=O) groups excluding carboxylic acids is 1. The molecule has 0 aromatic heterocycles. The highest BCUT2D eigenvalue weighted by atomic mass is 16.4. The van der Waals surface area contributed by atoms with Crippen LogP contribution in [0.25, 0.3) is 0 Å². The number of aliphatic hydroxyl groups is 1. The van der Waals surface area contributed by atoms with Crippen LogP contribution in [0, 0.1) is 11.8 Å². The molecule has 1 amide bonds. The first kappa shape index (κ1) is 13.7. The molecule has 0 heterocycles. The van der Waals surface area contributed by atoms with E-state index in [1.165, 1.54) is 0 Å². The summed E-state index contributed by atoms with van der Waals surface area (Å²) in [5.41, 5.74) is 0. The summed E-state index contributed by atoms with van der Waals surface area (Å²) in [5, 5.41) is 20.3. The Labute approximate surface area is 101 Å². The smallest absolute Gasteiger partial charge is 0.307 e. The second-order valence-electron chi connectivity index (χ2n) is 4.22. The van der Waals surface area contributed by atoms with Gasteiger partial charge in [0, 0.05) is 13.2 Å². The first-order valence-corrected chi connectivity index (χ1v) is 5.93. The minimum Gasteiger partial charge on any atom is -0.481 e. The molecule has 17 heavy (non-hydrogen) atoms. The van der Waals surface area contributed by atoms with Crippen LogP contribution < -0.4 is 5.32 Å². The van der Waals surface area contributed by atoms with Gasteiger partial charge in [0.2, 0.25) is 5.91 Å². The van der Waals surface area contributed by atoms with Crippen molar-refractivity contribution in [3.8, 4) is 0 Å². The maximum atomic E-state index is 11.8. The summed E-state index contributed by atoms with van der Waals surface area (Å²) in [6.07, 6.45) is 5.94. The van der Waals surface area contributed by atoms with Gasteiger partial charge in [0.05, 0.1) is 11.8 Å². The van der Waals surface area contributed by atoms with Gasteiger partial charge in [0.1, 0.15) is 0 Å². The Hall–Kier alpha value is -1.36. The van der Waals surface area contributed by atoms with Gasteiger partial charge in [0.25, 0.3) is 0 Å². The second kappa shape index (κ2) is 7.06. The lowest BCUT2D eigenvalue weighted by Gasteiger charge is -2.24. The number of aliphatic hydroxyl groups excluding tert-OH is 1. The Kier molecular flexibility index (Phi) is 5.69. The van der Waals surface area contributed by atoms with Crippen molar-refractivity contribution >= 4 is 11.9 Å². The van der Waals surface area contributed by atoms with Crippen LogP contribution in [-0.2, 0) is 9.59 Å². The Morgan fingerprint density at radius 2 is 1.82 bits per heavy atom. The van der Waals surface area contributed by atoms with Crippen LogP contribution >= 0.6 is 0 Å². The van der Waals surface area contributed by atoms with Gasteiger partial charge in [-0.2, -0.15) is 0 Å². The third-order valence-electron chi connectivity index (χ3n) is 2.97. The standard InChI is InChI=1S/C12H19NO4/c14-8-4-3-7-13-11(15)9-5-1-2-6-10(9)12(16)17/h1-2,9-10,14H,3-8H2,(H,13,15)(H,16,17). The Bertz CT molecular complexity index is 301. The summed E-state index contributed by atoms with van der Waals surface area (Å²) in [6, 6.07) is 0. The van der Waals surface area contributed by atoms with Gasteiger partial charge in [-0.05, 0) is 25.7 Å². The number of nitrogens with one attached hydrogen (secondary N) is 1. The van der Waals surface area contributed by atoms with Crippen molar-refractivity contribution in [1.82, 2.24) is 5.32 Å². The van der Waals surface area contributed by atoms with E-state index in [9.17, 15) is 9.59 Å². The van der Waals surface area contributed by atoms with Gasteiger partial charge in [0.15, 0.2) is 0 Å². The Balaban J connectivity index is 2.43. The predicted molar refractivity (Wildman–Crippen MR) is 62.3 cm³/mol. The third-order valence-corrected chi connectivity index (χ3v) is 2.97. The van der Waals surface area contributed by atoms with Crippen molar-refractivity contribution in [2.45, 2.75) is 25.7 Å². The van der Waals surface area contributed by atoms with Crippen molar-refractivity contribution in [2.75, 3.05) is 13.2 Å². The molecular formula is C12H19NO4. The monoisotopic (exact) mass is 241 g/mol. The van der Waals surface area contributed by atoms with Crippen molar-refractivity contribution in [2.24, 2.45) is 11.8 Å². The van der Waals surface area contributed by atoms with E-state index in [4.69, 9.17) is 10.2 Å². The van der Waals surface area contributed by atoms with E-state index in [2.05, 4.69) is 5.32 Å². The lowest BCUT2D eigenvalue weighted by Crippen LogP contribution is -2.39. The van der Waals surface area contributed by atoms with Crippen LogP contribution in [0.1, 0.15) is 25.7 Å². The highest BCUT2D eigenvalue weighted by Crippen LogP contribution is 2.25. The van der Waals surface area contributed by atoms with Gasteiger partial charge in [-0.1, -0.05) is 12.2 Å². The summed E-state index contributed by atoms with van der Waals surface area (Å²) in [7, 11) is 0. The summed E-state index contributed by atoms with van der Waals surface area (Å²) in [5.74, 6) is -2.19. The van der Waals surface area contributed by atoms with Gasteiger partial charge in [-0.25, -0.2) is 0 Å². The number of carboxylic acid groups (broad SMARTS) is 1. The lowest BCUT2D eigenvalue weighted by molar-refractivity contribution is -0.147. The molecule has 2 atom stereocenters. The van der Waals surface area contributed by atoms with Crippen LogP contribution in [0.5, 0.6) is 0 Å². The van der Waals surface area contributed by atoms with Crippen LogP contribution in [-0.4, -0.2) is 35.2 Å². The maximum absolute atomic E-state index is 11.8. The van der Waals surface area contributed by atoms with E-state index < -0.39 is 17.8 Å². The molecule has 0 aliphatic heterocycles. The van der Waals surface area contributed by atoms with Gasteiger partial charge in [-0.15, -0.1) is 0 Å². The number of allylic oxidation sites excluding steroid dienone is 2. The number of amides is 1. The van der Waals surface area contributed by atoms with Crippen molar-refractivity contribution in [3.05, 3.63) is 12.2 Å². The minimum absolute atomic E-state index is 0.111. The fourth-order valence-corrected chi connectivity index (χ4v) is 1.96. The molecule has 5 nitrogen and oxygen atoms in total. The molecule has 3 N–H and O–H groups in total. The fourth-order valence-electron chi connectivity index (χ4n) is 1.96. The predicted octanol–water partition coefficient (Wildman–Crippen LogP) is 0.542. The van der Waals surface area contributed by atoms with Crippen LogP contribution in [0.4, 0.5) is 0 Å². The molecule has 0 saturated heterocycles. The molecule has 1 aliphatic rings. The summed E-state index contributed by atoms with van der Waals surface area (Å²) in [6.45, 7) is 0.603. The van der Waals surface area contributed by atoms with Crippen LogP contribution in [0.3, 0.4) is 0 Å². The maximum Gasteiger partial charge on any atom is 0.307 e. The highest BCUT2D eigenvalue weighted by Gasteiger charge is 2.33. The zero-order chi connectivity index (χ0) is 12.7. The average molecular weight is 241 g/mol. The van der Waals surface area contributed by atoms with Crippen molar-refractivity contribution in [3.63, 3.8) is 0 Å². The van der Waals surface area contributed by atoms with E-state index in [0.717, 1.165) is 0 Å². The molecule has 2 unspecified atom stereocenters. The van der Waals surface area contributed by atoms with Crippen LogP contribution in [0.15, 0.2) is 12.2 Å². The zero-order valence-corrected chi connectivity index (χ0v) is 9.76. The van der Waals surface area contributed by atoms with E-state index >= 15 is 0 Å². The number of rotatable bonds is 6. The number of carbonyl (C=O) groups is 2. The quantitative estimate of drug-likeness (QED) is 0.468. The van der Waals surface area contributed by atoms with E-state index in [1.807, 2.05) is 12.2 Å². The molecule has 5 heteroatoms. The molecule has 0 saturated carbocycles. The third kappa shape index (κ3) is 4.19. The van der Waals surface area contributed by atoms with E-state index in [-0.39, 0.29) is 12.5 Å².